The van der Waals surface area contributed by atoms with Gasteiger partial charge in [-0.05, 0) is 86.3 Å². The third-order valence-corrected chi connectivity index (χ3v) is 8.35. The van der Waals surface area contributed by atoms with Gasteiger partial charge in [-0.15, -0.1) is 30.0 Å². The predicted octanol–water partition coefficient (Wildman–Crippen LogP) is 9.26. The number of nitrogens with zero attached hydrogens (tertiary/aromatic N) is 5. The molecule has 6 nitrogen and oxygen atoms in total. The molecular weight excluding hydrogens is 750 g/mol. The van der Waals surface area contributed by atoms with Gasteiger partial charge in [-0.1, -0.05) is 48.0 Å². The Labute approximate surface area is 283 Å². The number of hydrogen-bond acceptors (Lipinski definition) is 5. The second kappa shape index (κ2) is 11.8. The van der Waals surface area contributed by atoms with Crippen LogP contribution in [0.4, 0.5) is 17.1 Å². The SMILES string of the molecule is Cc1cc(C)c(-c2cc(Oc3[c-]c(N4[CH-]N(C)c5ccccc54)ccc3)[c-]c(-n3c4ccccc4c4cccnc43)n2)c(C)c1.[Pt]. The van der Waals surface area contributed by atoms with Gasteiger partial charge in [0, 0.05) is 61.0 Å². The number of anilines is 3. The van der Waals surface area contributed by atoms with Crippen LogP contribution in [0.2, 0.25) is 0 Å². The standard InChI is InChI=1S/C39H30N5O.Pt/c1-25-19-26(2)38(27(3)20-25)33-22-30(23-37(41-33)44-34-15-6-5-13-31(34)32-14-10-18-40-39(32)44)45-29-12-9-11-28(21-29)43-24-42(4)35-16-7-8-17-36(35)43;/h5-20,22,24H,1-4H3;/q-3;. The summed E-state index contributed by atoms with van der Waals surface area (Å²) < 4.78 is 8.66. The number of rotatable bonds is 5. The van der Waals surface area contributed by atoms with E-state index in [0.717, 1.165) is 61.4 Å². The first-order valence-corrected chi connectivity index (χ1v) is 15.0. The summed E-state index contributed by atoms with van der Waals surface area (Å²) in [6.45, 7) is 8.45. The number of ether oxygens (including phenoxy) is 1. The Morgan fingerprint density at radius 1 is 0.739 bits per heavy atom. The Balaban J connectivity index is 0.00000338. The number of para-hydroxylation sites is 3. The van der Waals surface area contributed by atoms with Crippen LogP contribution in [-0.2, 0) is 21.1 Å². The first-order valence-electron chi connectivity index (χ1n) is 15.0. The van der Waals surface area contributed by atoms with Gasteiger partial charge in [-0.3, -0.25) is 9.55 Å². The van der Waals surface area contributed by atoms with Gasteiger partial charge in [0.25, 0.3) is 0 Å². The summed E-state index contributed by atoms with van der Waals surface area (Å²) in [6.07, 6.45) is 1.82. The van der Waals surface area contributed by atoms with E-state index in [0.29, 0.717) is 17.3 Å². The summed E-state index contributed by atoms with van der Waals surface area (Å²) in [5.74, 6) is 1.75. The van der Waals surface area contributed by atoms with Gasteiger partial charge in [-0.2, -0.15) is 18.8 Å². The number of fused-ring (bicyclic) bond motifs is 4. The first-order chi connectivity index (χ1) is 21.9. The molecule has 0 aliphatic carbocycles. The van der Waals surface area contributed by atoms with E-state index in [1.54, 1.807) is 0 Å². The van der Waals surface area contributed by atoms with Gasteiger partial charge in [0.1, 0.15) is 5.65 Å². The molecule has 1 aliphatic heterocycles. The van der Waals surface area contributed by atoms with Crippen LogP contribution in [0.3, 0.4) is 0 Å². The Morgan fingerprint density at radius 2 is 1.48 bits per heavy atom. The van der Waals surface area contributed by atoms with Crippen molar-refractivity contribution in [2.45, 2.75) is 20.8 Å². The molecule has 0 atom stereocenters. The largest absolute Gasteiger partial charge is 0.521 e. The van der Waals surface area contributed by atoms with Crippen LogP contribution in [0.1, 0.15) is 16.7 Å². The minimum Gasteiger partial charge on any atom is -0.521 e. The van der Waals surface area contributed by atoms with Crippen molar-refractivity contribution in [3.8, 4) is 28.6 Å². The fourth-order valence-electron chi connectivity index (χ4n) is 6.54. The first kappa shape index (κ1) is 29.8. The van der Waals surface area contributed by atoms with Gasteiger partial charge in [-0.25, -0.2) is 4.98 Å². The predicted molar refractivity (Wildman–Crippen MR) is 181 cm³/mol. The Kier molecular flexibility index (Phi) is 7.62. The molecule has 0 unspecified atom stereocenters. The zero-order chi connectivity index (χ0) is 30.7. The van der Waals surface area contributed by atoms with Gasteiger partial charge < -0.3 is 14.5 Å². The van der Waals surface area contributed by atoms with E-state index >= 15 is 0 Å². The van der Waals surface area contributed by atoms with Crippen molar-refractivity contribution < 1.29 is 25.8 Å². The molecule has 0 bridgehead atoms. The van der Waals surface area contributed by atoms with Gasteiger partial charge in [0.05, 0.1) is 5.52 Å². The molecule has 230 valence electrons. The van der Waals surface area contributed by atoms with E-state index in [2.05, 4.69) is 109 Å². The van der Waals surface area contributed by atoms with Crippen molar-refractivity contribution in [1.29, 1.82) is 0 Å². The second-order valence-corrected chi connectivity index (χ2v) is 11.5. The molecule has 0 saturated carbocycles. The molecule has 0 amide bonds. The molecule has 1 aliphatic rings. The Bertz CT molecular complexity index is 2180. The average Bonchev–Trinajstić information content (AvgIpc) is 3.56. The molecule has 7 aromatic rings. The third-order valence-electron chi connectivity index (χ3n) is 8.35. The average molecular weight is 780 g/mol. The minimum atomic E-state index is 0. The number of aryl methyl sites for hydroxylation is 3. The van der Waals surface area contributed by atoms with Crippen LogP contribution >= 0.6 is 0 Å². The molecule has 0 N–H and O–H groups in total. The summed E-state index contributed by atoms with van der Waals surface area (Å²) in [5.41, 5.74) is 10.4. The number of aromatic nitrogens is 3. The normalized spacial score (nSPS) is 12.4. The smallest absolute Gasteiger partial charge is 0.145 e. The van der Waals surface area contributed by atoms with E-state index < -0.39 is 0 Å². The molecule has 8 rings (SSSR count). The molecule has 7 heteroatoms. The molecule has 0 spiro atoms. The van der Waals surface area contributed by atoms with Crippen LogP contribution in [0.15, 0.2) is 103 Å². The second-order valence-electron chi connectivity index (χ2n) is 11.5. The Morgan fingerprint density at radius 3 is 2.30 bits per heavy atom. The molecule has 3 aromatic heterocycles. The van der Waals surface area contributed by atoms with E-state index in [4.69, 9.17) is 14.7 Å². The van der Waals surface area contributed by atoms with Crippen LogP contribution in [-0.4, -0.2) is 21.6 Å². The van der Waals surface area contributed by atoms with Crippen molar-refractivity contribution >= 4 is 39.0 Å². The zero-order valence-corrected chi connectivity index (χ0v) is 28.1. The third kappa shape index (κ3) is 5.03. The van der Waals surface area contributed by atoms with Crippen molar-refractivity contribution in [1.82, 2.24) is 14.5 Å². The molecule has 0 radical (unpaired) electrons. The van der Waals surface area contributed by atoms with Crippen LogP contribution in [0, 0.1) is 39.6 Å². The summed E-state index contributed by atoms with van der Waals surface area (Å²) in [4.78, 5) is 14.2. The van der Waals surface area contributed by atoms with Crippen LogP contribution < -0.4 is 14.5 Å². The summed E-state index contributed by atoms with van der Waals surface area (Å²) in [5, 5.41) is 2.17. The molecular formula is C39H30N5OPt-3. The van der Waals surface area contributed by atoms with Gasteiger partial charge >= 0.3 is 0 Å². The maximum atomic E-state index is 6.58. The molecule has 4 heterocycles. The van der Waals surface area contributed by atoms with Crippen LogP contribution in [0.5, 0.6) is 11.5 Å². The van der Waals surface area contributed by atoms with E-state index in [9.17, 15) is 0 Å². The summed E-state index contributed by atoms with van der Waals surface area (Å²) in [7, 11) is 2.05. The fraction of sp³-hybridized carbons (Fsp3) is 0.103. The minimum absolute atomic E-state index is 0. The maximum Gasteiger partial charge on any atom is 0.145 e. The zero-order valence-electron chi connectivity index (χ0n) is 25.9. The van der Waals surface area contributed by atoms with Crippen LogP contribution in [0.25, 0.3) is 39.0 Å². The summed E-state index contributed by atoms with van der Waals surface area (Å²) >= 11 is 0. The Hall–Kier alpha value is -4.93. The molecule has 0 fully saturated rings. The fourth-order valence-corrected chi connectivity index (χ4v) is 6.54. The monoisotopic (exact) mass is 779 g/mol. The quantitative estimate of drug-likeness (QED) is 0.163. The number of pyridine rings is 2. The summed E-state index contributed by atoms with van der Waals surface area (Å²) in [6, 6.07) is 40.0. The topological polar surface area (TPSA) is 46.4 Å². The molecule has 46 heavy (non-hydrogen) atoms. The van der Waals surface area contributed by atoms with E-state index in [1.807, 2.05) is 55.7 Å². The van der Waals surface area contributed by atoms with Crippen molar-refractivity contribution in [3.05, 3.63) is 139 Å². The van der Waals surface area contributed by atoms with Crippen molar-refractivity contribution in [2.75, 3.05) is 16.8 Å². The van der Waals surface area contributed by atoms with Crippen molar-refractivity contribution in [2.24, 2.45) is 0 Å². The number of benzene rings is 4. The number of hydrogen-bond donors (Lipinski definition) is 0. The van der Waals surface area contributed by atoms with Gasteiger partial charge in [0.2, 0.25) is 0 Å². The molecule has 0 saturated heterocycles. The van der Waals surface area contributed by atoms with Crippen molar-refractivity contribution in [3.63, 3.8) is 0 Å². The van der Waals surface area contributed by atoms with E-state index in [-0.39, 0.29) is 21.1 Å². The van der Waals surface area contributed by atoms with E-state index in [1.165, 1.54) is 5.56 Å². The maximum absolute atomic E-state index is 6.58. The molecule has 4 aromatic carbocycles. The van der Waals surface area contributed by atoms with Gasteiger partial charge in [0.15, 0.2) is 0 Å².